The van der Waals surface area contributed by atoms with E-state index in [0.717, 1.165) is 19.6 Å². The molecule has 4 heteroatoms. The summed E-state index contributed by atoms with van der Waals surface area (Å²) in [5.41, 5.74) is 0.381. The molecule has 0 radical (unpaired) electrons. The number of hydrogen-bond acceptors (Lipinski definition) is 2. The molecule has 2 rings (SSSR count). The summed E-state index contributed by atoms with van der Waals surface area (Å²) in [6.45, 7) is 5.31. The van der Waals surface area contributed by atoms with Crippen LogP contribution in [-0.2, 0) is 0 Å². The Labute approximate surface area is 95.5 Å². The Morgan fingerprint density at radius 1 is 1.50 bits per heavy atom. The molecule has 1 atom stereocenters. The van der Waals surface area contributed by atoms with Gasteiger partial charge in [-0.25, -0.2) is 4.79 Å². The molecule has 1 fully saturated rings. The Morgan fingerprint density at radius 3 is 2.81 bits per heavy atom. The number of carbonyl (C=O) groups is 1. The number of rotatable bonds is 4. The molecule has 1 N–H and O–H groups in total. The minimum Gasteiger partial charge on any atom is -0.477 e. The van der Waals surface area contributed by atoms with Crippen LogP contribution in [0.3, 0.4) is 0 Å². The zero-order valence-electron chi connectivity index (χ0n) is 9.59. The lowest BCUT2D eigenvalue weighted by Crippen LogP contribution is -2.28. The minimum absolute atomic E-state index is 0.221. The Hall–Kier alpha value is -1.29. The smallest absolute Gasteiger partial charge is 0.352 e. The second kappa shape index (κ2) is 4.70. The van der Waals surface area contributed by atoms with Crippen LogP contribution in [0.4, 0.5) is 0 Å². The number of hydrogen-bond donors (Lipinski definition) is 1. The maximum absolute atomic E-state index is 11.0. The lowest BCUT2D eigenvalue weighted by Gasteiger charge is -2.22. The van der Waals surface area contributed by atoms with Gasteiger partial charge in [-0.05, 0) is 45.0 Å². The van der Waals surface area contributed by atoms with Crippen LogP contribution in [0.25, 0.3) is 0 Å². The predicted octanol–water partition coefficient (Wildman–Crippen LogP) is 1.84. The van der Waals surface area contributed by atoms with Gasteiger partial charge in [0.25, 0.3) is 0 Å². The molecule has 0 amide bonds. The van der Waals surface area contributed by atoms with Gasteiger partial charge in [0, 0.05) is 18.8 Å². The first kappa shape index (κ1) is 11.2. The second-order valence-electron chi connectivity index (χ2n) is 4.46. The Balaban J connectivity index is 2.04. The first-order valence-corrected chi connectivity index (χ1v) is 5.81. The topological polar surface area (TPSA) is 45.5 Å². The van der Waals surface area contributed by atoms with Gasteiger partial charge < -0.3 is 14.6 Å². The van der Waals surface area contributed by atoms with Crippen LogP contribution in [0.15, 0.2) is 18.3 Å². The van der Waals surface area contributed by atoms with E-state index in [1.54, 1.807) is 12.1 Å². The SMILES string of the molecule is CC(CN1CCCC1)n1cccc1C(=O)O. The lowest BCUT2D eigenvalue weighted by atomic mass is 10.3. The van der Waals surface area contributed by atoms with E-state index < -0.39 is 5.97 Å². The summed E-state index contributed by atoms with van der Waals surface area (Å²) in [6, 6.07) is 3.67. The van der Waals surface area contributed by atoms with Gasteiger partial charge in [-0.2, -0.15) is 0 Å². The summed E-state index contributed by atoms with van der Waals surface area (Å²) in [5, 5.41) is 9.03. The molecule has 2 heterocycles. The molecule has 0 bridgehead atoms. The van der Waals surface area contributed by atoms with Crippen LogP contribution < -0.4 is 0 Å². The molecule has 88 valence electrons. The fourth-order valence-corrected chi connectivity index (χ4v) is 2.39. The average molecular weight is 222 g/mol. The van der Waals surface area contributed by atoms with Crippen molar-refractivity contribution in [2.24, 2.45) is 0 Å². The third-order valence-electron chi connectivity index (χ3n) is 3.19. The second-order valence-corrected chi connectivity index (χ2v) is 4.46. The fourth-order valence-electron chi connectivity index (χ4n) is 2.39. The van der Waals surface area contributed by atoms with Crippen molar-refractivity contribution < 1.29 is 9.90 Å². The van der Waals surface area contributed by atoms with Crippen molar-refractivity contribution in [1.29, 1.82) is 0 Å². The molecule has 0 aliphatic carbocycles. The lowest BCUT2D eigenvalue weighted by molar-refractivity contribution is 0.0681. The summed E-state index contributed by atoms with van der Waals surface area (Å²) in [4.78, 5) is 13.4. The number of nitrogens with zero attached hydrogens (tertiary/aromatic N) is 2. The molecular formula is C12H18N2O2. The van der Waals surface area contributed by atoms with E-state index in [4.69, 9.17) is 5.11 Å². The maximum Gasteiger partial charge on any atom is 0.352 e. The highest BCUT2D eigenvalue weighted by molar-refractivity contribution is 5.85. The number of likely N-dealkylation sites (tertiary alicyclic amines) is 1. The van der Waals surface area contributed by atoms with Gasteiger partial charge in [0.15, 0.2) is 0 Å². The predicted molar refractivity (Wildman–Crippen MR) is 61.8 cm³/mol. The van der Waals surface area contributed by atoms with Crippen LogP contribution in [-0.4, -0.2) is 40.2 Å². The first-order valence-electron chi connectivity index (χ1n) is 5.81. The van der Waals surface area contributed by atoms with Gasteiger partial charge in [0.2, 0.25) is 0 Å². The normalized spacial score (nSPS) is 18.8. The third-order valence-corrected chi connectivity index (χ3v) is 3.19. The first-order chi connectivity index (χ1) is 7.68. The van der Waals surface area contributed by atoms with Crippen molar-refractivity contribution in [3.8, 4) is 0 Å². The van der Waals surface area contributed by atoms with Gasteiger partial charge in [-0.3, -0.25) is 0 Å². The quantitative estimate of drug-likeness (QED) is 0.845. The molecule has 0 aromatic carbocycles. The van der Waals surface area contributed by atoms with Crippen LogP contribution in [0.5, 0.6) is 0 Å². The van der Waals surface area contributed by atoms with E-state index in [2.05, 4.69) is 11.8 Å². The molecule has 1 unspecified atom stereocenters. The van der Waals surface area contributed by atoms with E-state index in [0.29, 0.717) is 5.69 Å². The number of aromatic nitrogens is 1. The Kier molecular flexibility index (Phi) is 3.29. The number of carboxylic acid groups (broad SMARTS) is 1. The van der Waals surface area contributed by atoms with E-state index in [1.807, 2.05) is 10.8 Å². The van der Waals surface area contributed by atoms with Crippen molar-refractivity contribution in [3.63, 3.8) is 0 Å². The van der Waals surface area contributed by atoms with E-state index >= 15 is 0 Å². The molecule has 16 heavy (non-hydrogen) atoms. The monoisotopic (exact) mass is 222 g/mol. The van der Waals surface area contributed by atoms with Gasteiger partial charge in [0.05, 0.1) is 0 Å². The summed E-state index contributed by atoms with van der Waals surface area (Å²) in [7, 11) is 0. The highest BCUT2D eigenvalue weighted by Crippen LogP contribution is 2.16. The number of carboxylic acids is 1. The fraction of sp³-hybridized carbons (Fsp3) is 0.583. The van der Waals surface area contributed by atoms with Crippen molar-refractivity contribution in [2.75, 3.05) is 19.6 Å². The molecule has 1 aromatic rings. The molecule has 1 aliphatic rings. The zero-order valence-corrected chi connectivity index (χ0v) is 9.59. The summed E-state index contributed by atoms with van der Waals surface area (Å²) >= 11 is 0. The molecule has 1 saturated heterocycles. The third kappa shape index (κ3) is 2.27. The zero-order chi connectivity index (χ0) is 11.5. The van der Waals surface area contributed by atoms with Crippen LogP contribution >= 0.6 is 0 Å². The van der Waals surface area contributed by atoms with E-state index in [1.165, 1.54) is 12.8 Å². The van der Waals surface area contributed by atoms with Gasteiger partial charge in [0.1, 0.15) is 5.69 Å². The maximum atomic E-state index is 11.0. The van der Waals surface area contributed by atoms with Crippen molar-refractivity contribution in [2.45, 2.75) is 25.8 Å². The molecule has 1 aliphatic heterocycles. The minimum atomic E-state index is -0.849. The molecular weight excluding hydrogens is 204 g/mol. The van der Waals surface area contributed by atoms with Crippen molar-refractivity contribution in [1.82, 2.24) is 9.47 Å². The van der Waals surface area contributed by atoms with Crippen LogP contribution in [0.1, 0.15) is 36.3 Å². The van der Waals surface area contributed by atoms with Crippen LogP contribution in [0, 0.1) is 0 Å². The van der Waals surface area contributed by atoms with Gasteiger partial charge in [-0.1, -0.05) is 0 Å². The Morgan fingerprint density at radius 2 is 2.19 bits per heavy atom. The largest absolute Gasteiger partial charge is 0.477 e. The molecule has 0 saturated carbocycles. The standard InChI is InChI=1S/C12H18N2O2/c1-10(9-13-6-2-3-7-13)14-8-4-5-11(14)12(15)16/h4-5,8,10H,2-3,6-7,9H2,1H3,(H,15,16). The van der Waals surface area contributed by atoms with Gasteiger partial charge in [-0.15, -0.1) is 0 Å². The molecule has 1 aromatic heterocycles. The van der Waals surface area contributed by atoms with E-state index in [-0.39, 0.29) is 6.04 Å². The summed E-state index contributed by atoms with van der Waals surface area (Å²) < 4.78 is 1.85. The van der Waals surface area contributed by atoms with Crippen molar-refractivity contribution in [3.05, 3.63) is 24.0 Å². The Bertz CT molecular complexity index is 367. The van der Waals surface area contributed by atoms with Gasteiger partial charge >= 0.3 is 5.97 Å². The van der Waals surface area contributed by atoms with Crippen molar-refractivity contribution >= 4 is 5.97 Å². The van der Waals surface area contributed by atoms with Crippen LogP contribution in [0.2, 0.25) is 0 Å². The highest BCUT2D eigenvalue weighted by Gasteiger charge is 2.18. The highest BCUT2D eigenvalue weighted by atomic mass is 16.4. The number of aromatic carboxylic acids is 1. The van der Waals surface area contributed by atoms with E-state index in [9.17, 15) is 4.79 Å². The molecule has 4 nitrogen and oxygen atoms in total. The average Bonchev–Trinajstić information content (AvgIpc) is 2.86. The summed E-state index contributed by atoms with van der Waals surface area (Å²) in [5.74, 6) is -0.849. The molecule has 0 spiro atoms. The summed E-state index contributed by atoms with van der Waals surface area (Å²) in [6.07, 6.45) is 4.39.